The number of nitrogens with zero attached hydrogens (tertiary/aromatic N) is 2. The molecule has 0 bridgehead atoms. The molecule has 2 aliphatic rings. The van der Waals surface area contributed by atoms with Gasteiger partial charge in [0.1, 0.15) is 5.82 Å². The second-order valence-electron chi connectivity index (χ2n) is 7.83. The highest BCUT2D eigenvalue weighted by atomic mass is 19.1. The number of aryl methyl sites for hydroxylation is 1. The summed E-state index contributed by atoms with van der Waals surface area (Å²) in [4.78, 5) is 32.6. The number of H-pyrrole nitrogens is 1. The van der Waals surface area contributed by atoms with E-state index in [1.807, 2.05) is 18.7 Å². The first-order valence-electron chi connectivity index (χ1n) is 9.81. The lowest BCUT2D eigenvalue weighted by Crippen LogP contribution is -2.47. The van der Waals surface area contributed by atoms with Gasteiger partial charge in [-0.25, -0.2) is 4.39 Å². The molecule has 0 unspecified atom stereocenters. The van der Waals surface area contributed by atoms with Gasteiger partial charge in [-0.05, 0) is 56.3 Å². The van der Waals surface area contributed by atoms with E-state index in [0.717, 1.165) is 48.7 Å². The molecule has 0 atom stereocenters. The molecule has 1 aromatic carbocycles. The summed E-state index contributed by atoms with van der Waals surface area (Å²) < 4.78 is 13.7. The molecule has 0 radical (unpaired) electrons. The molecule has 1 fully saturated rings. The minimum absolute atomic E-state index is 0.119. The van der Waals surface area contributed by atoms with Gasteiger partial charge in [0.05, 0.1) is 12.0 Å². The molecule has 0 spiro atoms. The van der Waals surface area contributed by atoms with Gasteiger partial charge in [-0.2, -0.15) is 0 Å². The number of carbonyl (C=O) groups is 2. The summed E-state index contributed by atoms with van der Waals surface area (Å²) in [7, 11) is 2.06. The van der Waals surface area contributed by atoms with Crippen LogP contribution in [-0.4, -0.2) is 59.8 Å². The molecule has 2 N–H and O–H groups in total. The lowest BCUT2D eigenvalue weighted by Gasteiger charge is -2.32. The molecule has 0 aliphatic carbocycles. The van der Waals surface area contributed by atoms with Gasteiger partial charge in [0.2, 0.25) is 5.91 Å². The van der Waals surface area contributed by atoms with Crippen molar-refractivity contribution in [3.63, 3.8) is 0 Å². The second kappa shape index (κ2) is 7.48. The Labute approximate surface area is 169 Å². The highest BCUT2D eigenvalue weighted by Gasteiger charge is 2.26. The smallest absolute Gasteiger partial charge is 0.256 e. The number of hydrogen-bond acceptors (Lipinski definition) is 3. The van der Waals surface area contributed by atoms with Crippen LogP contribution in [0.15, 0.2) is 18.2 Å². The summed E-state index contributed by atoms with van der Waals surface area (Å²) in [6.45, 7) is 7.15. The Balaban J connectivity index is 1.60. The predicted octanol–water partition coefficient (Wildman–Crippen LogP) is 2.58. The minimum Gasteiger partial charge on any atom is -0.359 e. The SMILES string of the molecule is Cc1[nH]c(/C=C2\C(=O)Nc3ccc(F)cc32)c(C)c1CC(=O)N1CCN(C)CC1. The molecule has 4 rings (SSSR count). The Bertz CT molecular complexity index is 1020. The van der Waals surface area contributed by atoms with Gasteiger partial charge in [-0.15, -0.1) is 0 Å². The second-order valence-corrected chi connectivity index (χ2v) is 7.83. The zero-order valence-electron chi connectivity index (χ0n) is 16.9. The molecular formula is C22H25FN4O2. The van der Waals surface area contributed by atoms with Gasteiger partial charge in [-0.3, -0.25) is 9.59 Å². The Morgan fingerprint density at radius 3 is 2.66 bits per heavy atom. The number of piperazine rings is 1. The number of nitrogens with one attached hydrogen (secondary N) is 2. The van der Waals surface area contributed by atoms with Gasteiger partial charge >= 0.3 is 0 Å². The lowest BCUT2D eigenvalue weighted by atomic mass is 10.0. The quantitative estimate of drug-likeness (QED) is 0.784. The van der Waals surface area contributed by atoms with Crippen molar-refractivity contribution in [3.8, 4) is 0 Å². The highest BCUT2D eigenvalue weighted by molar-refractivity contribution is 6.34. The fourth-order valence-corrected chi connectivity index (χ4v) is 3.99. The molecule has 6 nitrogen and oxygen atoms in total. The Hall–Kier alpha value is -2.93. The molecule has 2 aromatic rings. The first-order chi connectivity index (χ1) is 13.8. The van der Waals surface area contributed by atoms with Gasteiger partial charge < -0.3 is 20.1 Å². The third-order valence-electron chi connectivity index (χ3n) is 5.87. The Kier molecular flexibility index (Phi) is 5.00. The summed E-state index contributed by atoms with van der Waals surface area (Å²) in [5, 5.41) is 2.76. The monoisotopic (exact) mass is 396 g/mol. The predicted molar refractivity (Wildman–Crippen MR) is 111 cm³/mol. The number of hydrogen-bond donors (Lipinski definition) is 2. The van der Waals surface area contributed by atoms with E-state index in [2.05, 4.69) is 22.2 Å². The summed E-state index contributed by atoms with van der Waals surface area (Å²) in [6, 6.07) is 4.26. The van der Waals surface area contributed by atoms with E-state index < -0.39 is 0 Å². The topological polar surface area (TPSA) is 68.4 Å². The zero-order chi connectivity index (χ0) is 20.7. The summed E-state index contributed by atoms with van der Waals surface area (Å²) >= 11 is 0. The first kappa shape index (κ1) is 19.4. The van der Waals surface area contributed by atoms with Gasteiger partial charge in [0.15, 0.2) is 0 Å². The van der Waals surface area contributed by atoms with Crippen LogP contribution in [0.2, 0.25) is 0 Å². The number of aromatic nitrogens is 1. The van der Waals surface area contributed by atoms with Crippen LogP contribution in [0.4, 0.5) is 10.1 Å². The molecule has 152 valence electrons. The van der Waals surface area contributed by atoms with Crippen LogP contribution in [0, 0.1) is 19.7 Å². The largest absolute Gasteiger partial charge is 0.359 e. The molecule has 2 amide bonds. The van der Waals surface area contributed by atoms with Crippen LogP contribution in [0.25, 0.3) is 11.6 Å². The summed E-state index contributed by atoms with van der Waals surface area (Å²) in [5.74, 6) is -0.523. The molecule has 0 saturated carbocycles. The van der Waals surface area contributed by atoms with E-state index in [4.69, 9.17) is 0 Å². The van der Waals surface area contributed by atoms with E-state index in [1.165, 1.54) is 12.1 Å². The van der Waals surface area contributed by atoms with Gasteiger partial charge in [-0.1, -0.05) is 0 Å². The molecular weight excluding hydrogens is 371 g/mol. The molecule has 3 heterocycles. The van der Waals surface area contributed by atoms with Crippen molar-refractivity contribution in [1.29, 1.82) is 0 Å². The average molecular weight is 396 g/mol. The van der Waals surface area contributed by atoms with Crippen LogP contribution in [-0.2, 0) is 16.0 Å². The number of carbonyl (C=O) groups excluding carboxylic acids is 2. The Morgan fingerprint density at radius 1 is 1.21 bits per heavy atom. The maximum Gasteiger partial charge on any atom is 0.256 e. The maximum absolute atomic E-state index is 13.7. The number of fused-ring (bicyclic) bond motifs is 1. The normalized spacial score (nSPS) is 18.3. The molecule has 2 aliphatic heterocycles. The molecule has 1 saturated heterocycles. The van der Waals surface area contributed by atoms with Crippen molar-refractivity contribution < 1.29 is 14.0 Å². The number of amides is 2. The van der Waals surface area contributed by atoms with Crippen LogP contribution in [0.5, 0.6) is 0 Å². The number of likely N-dealkylation sites (N-methyl/N-ethyl adjacent to an activating group) is 1. The van der Waals surface area contributed by atoms with Crippen LogP contribution >= 0.6 is 0 Å². The van der Waals surface area contributed by atoms with Crippen LogP contribution < -0.4 is 5.32 Å². The van der Waals surface area contributed by atoms with Crippen molar-refractivity contribution in [2.45, 2.75) is 20.3 Å². The average Bonchev–Trinajstić information content (AvgIpc) is 3.13. The van der Waals surface area contributed by atoms with E-state index in [9.17, 15) is 14.0 Å². The number of anilines is 1. The summed E-state index contributed by atoms with van der Waals surface area (Å²) in [6.07, 6.45) is 2.07. The molecule has 29 heavy (non-hydrogen) atoms. The van der Waals surface area contributed by atoms with Crippen molar-refractivity contribution in [3.05, 3.63) is 52.1 Å². The number of rotatable bonds is 3. The van der Waals surface area contributed by atoms with Crippen molar-refractivity contribution in [1.82, 2.24) is 14.8 Å². The van der Waals surface area contributed by atoms with Crippen molar-refractivity contribution in [2.75, 3.05) is 38.5 Å². The fourth-order valence-electron chi connectivity index (χ4n) is 3.99. The van der Waals surface area contributed by atoms with Gasteiger partial charge in [0, 0.05) is 48.8 Å². The van der Waals surface area contributed by atoms with E-state index in [-0.39, 0.29) is 17.6 Å². The Morgan fingerprint density at radius 2 is 1.93 bits per heavy atom. The zero-order valence-corrected chi connectivity index (χ0v) is 16.9. The highest BCUT2D eigenvalue weighted by Crippen LogP contribution is 2.34. The third kappa shape index (κ3) is 3.70. The first-order valence-corrected chi connectivity index (χ1v) is 9.81. The van der Waals surface area contributed by atoms with Gasteiger partial charge in [0.25, 0.3) is 5.91 Å². The van der Waals surface area contributed by atoms with Crippen LogP contribution in [0.3, 0.4) is 0 Å². The fraction of sp³-hybridized carbons (Fsp3) is 0.364. The minimum atomic E-state index is -0.385. The number of benzene rings is 1. The van der Waals surface area contributed by atoms with E-state index >= 15 is 0 Å². The number of aromatic amines is 1. The van der Waals surface area contributed by atoms with Crippen molar-refractivity contribution >= 4 is 29.2 Å². The van der Waals surface area contributed by atoms with E-state index in [1.54, 1.807) is 12.1 Å². The molecule has 1 aromatic heterocycles. The maximum atomic E-state index is 13.7. The summed E-state index contributed by atoms with van der Waals surface area (Å²) in [5.41, 5.74) is 5.15. The van der Waals surface area contributed by atoms with E-state index in [0.29, 0.717) is 23.2 Å². The molecule has 7 heteroatoms. The lowest BCUT2D eigenvalue weighted by molar-refractivity contribution is -0.132. The van der Waals surface area contributed by atoms with Crippen LogP contribution in [0.1, 0.15) is 28.1 Å². The standard InChI is InChI=1S/C22H25FN4O2/c1-13-16(12-21(28)27-8-6-26(3)7-9-27)14(2)24-20(13)11-18-17-10-15(23)4-5-19(17)25-22(18)29/h4-5,10-11,24H,6-9,12H2,1-3H3,(H,25,29)/b18-11-. The van der Waals surface area contributed by atoms with Crippen molar-refractivity contribution in [2.24, 2.45) is 0 Å². The third-order valence-corrected chi connectivity index (χ3v) is 5.87. The number of halogens is 1.